The molecule has 154 valence electrons. The van der Waals surface area contributed by atoms with Gasteiger partial charge in [-0.3, -0.25) is 29.3 Å². The lowest BCUT2D eigenvalue weighted by Crippen LogP contribution is -2.28. The molecule has 29 heavy (non-hydrogen) atoms. The molecule has 2 aliphatic heterocycles. The van der Waals surface area contributed by atoms with E-state index < -0.39 is 11.2 Å². The molecule has 0 N–H and O–H groups in total. The van der Waals surface area contributed by atoms with Crippen LogP contribution < -0.4 is 0 Å². The maximum atomic E-state index is 11.3. The Morgan fingerprint density at radius 1 is 1.14 bits per heavy atom. The Morgan fingerprint density at radius 3 is 2.17 bits per heavy atom. The summed E-state index contributed by atoms with van der Waals surface area (Å²) in [6, 6.07) is 6.84. The van der Waals surface area contributed by atoms with Gasteiger partial charge in [-0.2, -0.15) is 5.10 Å². The van der Waals surface area contributed by atoms with Gasteiger partial charge >= 0.3 is 5.69 Å². The van der Waals surface area contributed by atoms with E-state index in [-0.39, 0.29) is 17.5 Å². The number of fused-ring (bicyclic) bond motifs is 1. The number of ether oxygens (including phenoxy) is 2. The van der Waals surface area contributed by atoms with Crippen LogP contribution in [-0.2, 0) is 16.5 Å². The summed E-state index contributed by atoms with van der Waals surface area (Å²) in [5.74, 6) is -0.0651. The van der Waals surface area contributed by atoms with Gasteiger partial charge in [-0.05, 0) is 18.6 Å². The number of nitrogens with zero attached hydrogens (tertiary/aromatic N) is 4. The van der Waals surface area contributed by atoms with Crippen LogP contribution in [0.15, 0.2) is 30.5 Å². The Balaban J connectivity index is 0.000000176. The molecule has 0 unspecified atom stereocenters. The highest BCUT2D eigenvalue weighted by Crippen LogP contribution is 2.31. The topological polar surface area (TPSA) is 117 Å². The number of carbonyl (C=O) groups excluding carboxylic acids is 2. The fraction of sp³-hybridized carbons (Fsp3) is 0.421. The number of rotatable bonds is 3. The van der Waals surface area contributed by atoms with Crippen molar-refractivity contribution in [1.82, 2.24) is 14.7 Å². The van der Waals surface area contributed by atoms with Crippen molar-refractivity contribution >= 4 is 17.5 Å². The van der Waals surface area contributed by atoms with Crippen molar-refractivity contribution in [1.29, 1.82) is 0 Å². The number of amides is 2. The van der Waals surface area contributed by atoms with Crippen molar-refractivity contribution in [2.45, 2.75) is 19.6 Å². The molecule has 10 nitrogen and oxygen atoms in total. The number of hydrogen-bond acceptors (Lipinski definition) is 7. The van der Waals surface area contributed by atoms with Crippen molar-refractivity contribution in [2.24, 2.45) is 13.0 Å². The Labute approximate surface area is 167 Å². The van der Waals surface area contributed by atoms with E-state index in [0.29, 0.717) is 36.0 Å². The minimum Gasteiger partial charge on any atom is -0.346 e. The van der Waals surface area contributed by atoms with Crippen LogP contribution >= 0.6 is 0 Å². The molecule has 4 rings (SSSR count). The number of aryl methyl sites for hydroxylation is 1. The smallest absolute Gasteiger partial charge is 0.315 e. The zero-order valence-electron chi connectivity index (χ0n) is 16.4. The Hall–Kier alpha value is -3.11. The van der Waals surface area contributed by atoms with E-state index in [2.05, 4.69) is 12.0 Å². The van der Waals surface area contributed by atoms with E-state index in [1.54, 1.807) is 31.3 Å². The molecule has 3 heterocycles. The van der Waals surface area contributed by atoms with E-state index in [9.17, 15) is 19.7 Å². The van der Waals surface area contributed by atoms with E-state index in [0.717, 1.165) is 11.3 Å². The largest absolute Gasteiger partial charge is 0.346 e. The van der Waals surface area contributed by atoms with Gasteiger partial charge in [0.05, 0.1) is 29.3 Å². The summed E-state index contributed by atoms with van der Waals surface area (Å²) in [6.45, 7) is 3.18. The van der Waals surface area contributed by atoms with Crippen LogP contribution in [-0.4, -0.2) is 51.7 Å². The third kappa shape index (κ3) is 4.03. The first-order valence-electron chi connectivity index (χ1n) is 9.16. The lowest BCUT2D eigenvalue weighted by atomic mass is 10.1. The van der Waals surface area contributed by atoms with E-state index in [1.165, 1.54) is 17.9 Å². The van der Waals surface area contributed by atoms with Gasteiger partial charge in [0.25, 0.3) is 11.8 Å². The second-order valence-electron chi connectivity index (χ2n) is 6.78. The van der Waals surface area contributed by atoms with Gasteiger partial charge in [0.1, 0.15) is 6.20 Å². The van der Waals surface area contributed by atoms with Gasteiger partial charge in [-0.25, -0.2) is 0 Å². The van der Waals surface area contributed by atoms with Crippen molar-refractivity contribution < 1.29 is 24.0 Å². The summed E-state index contributed by atoms with van der Waals surface area (Å²) in [6.07, 6.45) is 1.50. The normalized spacial score (nSPS) is 20.9. The summed E-state index contributed by atoms with van der Waals surface area (Å²) >= 11 is 0. The molecule has 2 aliphatic rings. The highest BCUT2D eigenvalue weighted by molar-refractivity contribution is 6.21. The number of hydrogen-bond donors (Lipinski definition) is 0. The Kier molecular flexibility index (Phi) is 6.04. The van der Waals surface area contributed by atoms with Crippen LogP contribution in [0.3, 0.4) is 0 Å². The maximum Gasteiger partial charge on any atom is 0.315 e. The zero-order valence-corrected chi connectivity index (χ0v) is 16.4. The average Bonchev–Trinajstić information content (AvgIpc) is 3.23. The average molecular weight is 402 g/mol. The number of carbonyl (C=O) groups is 2. The molecule has 2 amide bonds. The van der Waals surface area contributed by atoms with Gasteiger partial charge in [-0.1, -0.05) is 19.1 Å². The molecule has 10 heteroatoms. The monoisotopic (exact) mass is 402 g/mol. The SMILES string of the molecule is CCC1COC(c2c([N+](=O)[O-])cnn2C)OC1.CN1C(=O)c2ccccc2C1=O. The van der Waals surface area contributed by atoms with Crippen LogP contribution in [0.4, 0.5) is 5.69 Å². The predicted octanol–water partition coefficient (Wildman–Crippen LogP) is 2.31. The van der Waals surface area contributed by atoms with Crippen molar-refractivity contribution in [2.75, 3.05) is 20.3 Å². The van der Waals surface area contributed by atoms with Crippen molar-refractivity contribution in [3.05, 3.63) is 57.4 Å². The molecular formula is C19H22N4O6. The Morgan fingerprint density at radius 2 is 1.69 bits per heavy atom. The van der Waals surface area contributed by atoms with Crippen molar-refractivity contribution in [3.8, 4) is 0 Å². The first kappa shape index (κ1) is 20.6. The first-order chi connectivity index (χ1) is 13.8. The zero-order chi connectivity index (χ0) is 21.1. The van der Waals surface area contributed by atoms with Crippen LogP contribution in [0.5, 0.6) is 0 Å². The molecule has 0 bridgehead atoms. The maximum absolute atomic E-state index is 11.3. The fourth-order valence-electron chi connectivity index (χ4n) is 3.10. The minimum absolute atomic E-state index is 0.0625. The quantitative estimate of drug-likeness (QED) is 0.439. The van der Waals surface area contributed by atoms with E-state index in [4.69, 9.17) is 9.47 Å². The summed E-state index contributed by atoms with van der Waals surface area (Å²) in [5, 5.41) is 14.7. The molecule has 1 saturated heterocycles. The summed E-state index contributed by atoms with van der Waals surface area (Å²) in [7, 11) is 3.13. The molecule has 0 saturated carbocycles. The highest BCUT2D eigenvalue weighted by Gasteiger charge is 2.32. The standard InChI is InChI=1S/C10H15N3O4.C9H7NO2/c1-3-7-5-16-10(17-6-7)9-8(13(14)15)4-11-12(9)2;1-10-8(11)6-4-2-3-5-7(6)9(10)12/h4,7,10H,3,5-6H2,1-2H3;2-5H,1H3. The van der Waals surface area contributed by atoms with Crippen LogP contribution in [0.25, 0.3) is 0 Å². The number of nitro groups is 1. The molecule has 0 aliphatic carbocycles. The summed E-state index contributed by atoms with van der Waals surface area (Å²) < 4.78 is 12.4. The minimum atomic E-state index is -0.689. The molecule has 1 aromatic carbocycles. The molecular weight excluding hydrogens is 380 g/mol. The second kappa shape index (κ2) is 8.50. The van der Waals surface area contributed by atoms with Crippen LogP contribution in [0.2, 0.25) is 0 Å². The summed E-state index contributed by atoms with van der Waals surface area (Å²) in [5.41, 5.74) is 1.31. The van der Waals surface area contributed by atoms with Crippen LogP contribution in [0, 0.1) is 16.0 Å². The molecule has 2 aromatic rings. The van der Waals surface area contributed by atoms with Gasteiger partial charge in [0.15, 0.2) is 5.69 Å². The molecule has 0 radical (unpaired) electrons. The third-order valence-corrected chi connectivity index (χ3v) is 4.93. The highest BCUT2D eigenvalue weighted by atomic mass is 16.7. The van der Waals surface area contributed by atoms with E-state index in [1.807, 2.05) is 0 Å². The van der Waals surface area contributed by atoms with Gasteiger partial charge in [-0.15, -0.1) is 0 Å². The molecule has 0 atom stereocenters. The fourth-order valence-corrected chi connectivity index (χ4v) is 3.10. The molecule has 1 fully saturated rings. The lowest BCUT2D eigenvalue weighted by Gasteiger charge is -2.28. The third-order valence-electron chi connectivity index (χ3n) is 4.93. The molecule has 1 aromatic heterocycles. The number of aromatic nitrogens is 2. The Bertz CT molecular complexity index is 898. The predicted molar refractivity (Wildman–Crippen MR) is 101 cm³/mol. The first-order valence-corrected chi connectivity index (χ1v) is 9.16. The van der Waals surface area contributed by atoms with Gasteiger partial charge < -0.3 is 9.47 Å². The van der Waals surface area contributed by atoms with Gasteiger partial charge in [0.2, 0.25) is 6.29 Å². The number of benzene rings is 1. The van der Waals surface area contributed by atoms with Crippen molar-refractivity contribution in [3.63, 3.8) is 0 Å². The lowest BCUT2D eigenvalue weighted by molar-refractivity contribution is -0.387. The van der Waals surface area contributed by atoms with Crippen LogP contribution in [0.1, 0.15) is 46.0 Å². The van der Waals surface area contributed by atoms with E-state index >= 15 is 0 Å². The molecule has 0 spiro atoms. The summed E-state index contributed by atoms with van der Waals surface area (Å²) in [4.78, 5) is 34.1. The number of imide groups is 1. The van der Waals surface area contributed by atoms with Gasteiger partial charge in [0, 0.05) is 20.0 Å². The second-order valence-corrected chi connectivity index (χ2v) is 6.78.